The summed E-state index contributed by atoms with van der Waals surface area (Å²) in [4.78, 5) is 11.5. The number of carbonyl (C=O) groups is 1. The lowest BCUT2D eigenvalue weighted by Crippen LogP contribution is -2.18. The summed E-state index contributed by atoms with van der Waals surface area (Å²) >= 11 is 0. The van der Waals surface area contributed by atoms with E-state index in [1.54, 1.807) is 12.1 Å². The summed E-state index contributed by atoms with van der Waals surface area (Å²) in [7, 11) is 0. The van der Waals surface area contributed by atoms with Crippen molar-refractivity contribution in [2.24, 2.45) is 0 Å². The van der Waals surface area contributed by atoms with Crippen molar-refractivity contribution in [1.82, 2.24) is 0 Å². The van der Waals surface area contributed by atoms with Crippen LogP contribution in [0, 0.1) is 6.92 Å². The maximum absolute atomic E-state index is 11.5. The first-order valence-corrected chi connectivity index (χ1v) is 7.04. The average Bonchev–Trinajstić information content (AvgIpc) is 2.46. The Hall–Kier alpha value is -2.29. The first kappa shape index (κ1) is 15.1. The van der Waals surface area contributed by atoms with Crippen LogP contribution in [0.2, 0.25) is 0 Å². The molecule has 0 heterocycles. The molecule has 1 atom stereocenters. The zero-order valence-corrected chi connectivity index (χ0v) is 12.5. The van der Waals surface area contributed by atoms with Crippen LogP contribution in [0.25, 0.3) is 0 Å². The number of carboxylic acids is 1. The zero-order chi connectivity index (χ0) is 15.4. The number of rotatable bonds is 5. The summed E-state index contributed by atoms with van der Waals surface area (Å²) < 4.78 is 5.78. The summed E-state index contributed by atoms with van der Waals surface area (Å²) in [6.07, 6.45) is -0.993. The fourth-order valence-electron chi connectivity index (χ4n) is 2.12. The van der Waals surface area contributed by atoms with Gasteiger partial charge >= 0.3 is 5.97 Å². The number of ether oxygens (including phenoxy) is 1. The number of hydrogen-bond donors (Lipinski definition) is 1. The Bertz CT molecular complexity index is 618. The normalized spacial score (nSPS) is 12.2. The van der Waals surface area contributed by atoms with E-state index in [-0.39, 0.29) is 0 Å². The van der Waals surface area contributed by atoms with Gasteiger partial charge in [-0.15, -0.1) is 0 Å². The Kier molecular flexibility index (Phi) is 4.63. The number of hydrogen-bond acceptors (Lipinski definition) is 2. The standard InChI is InChI=1S/C18H20O3/c1-12(2)15-10-9-13(3)16(11-15)21-17(18(19)20)14-7-5-4-6-8-14/h4-12,17H,1-3H3,(H,19,20)/t17-/m1/s1. The Labute approximate surface area is 125 Å². The van der Waals surface area contributed by atoms with Crippen LogP contribution >= 0.6 is 0 Å². The van der Waals surface area contributed by atoms with Crippen molar-refractivity contribution in [3.8, 4) is 5.75 Å². The van der Waals surface area contributed by atoms with Crippen LogP contribution in [0.4, 0.5) is 0 Å². The van der Waals surface area contributed by atoms with Gasteiger partial charge in [0.2, 0.25) is 6.10 Å². The molecule has 1 N–H and O–H groups in total. The van der Waals surface area contributed by atoms with E-state index in [2.05, 4.69) is 13.8 Å². The fraction of sp³-hybridized carbons (Fsp3) is 0.278. The van der Waals surface area contributed by atoms with Crippen LogP contribution in [-0.4, -0.2) is 11.1 Å². The Morgan fingerprint density at radius 2 is 1.71 bits per heavy atom. The van der Waals surface area contributed by atoms with Crippen LogP contribution in [0.5, 0.6) is 5.75 Å². The van der Waals surface area contributed by atoms with Gasteiger partial charge < -0.3 is 9.84 Å². The van der Waals surface area contributed by atoms with E-state index < -0.39 is 12.1 Å². The van der Waals surface area contributed by atoms with Crippen LogP contribution < -0.4 is 4.74 Å². The molecule has 0 spiro atoms. The third kappa shape index (κ3) is 3.63. The summed E-state index contributed by atoms with van der Waals surface area (Å²) in [5.74, 6) is 0.000886. The highest BCUT2D eigenvalue weighted by Crippen LogP contribution is 2.28. The topological polar surface area (TPSA) is 46.5 Å². The molecule has 0 aliphatic rings. The van der Waals surface area contributed by atoms with E-state index in [9.17, 15) is 9.90 Å². The third-order valence-corrected chi connectivity index (χ3v) is 3.45. The van der Waals surface area contributed by atoms with Gasteiger partial charge in [0, 0.05) is 5.56 Å². The predicted molar refractivity (Wildman–Crippen MR) is 82.7 cm³/mol. The van der Waals surface area contributed by atoms with Gasteiger partial charge in [0.25, 0.3) is 0 Å². The van der Waals surface area contributed by atoms with Crippen LogP contribution in [0.15, 0.2) is 48.5 Å². The molecular weight excluding hydrogens is 264 g/mol. The molecule has 110 valence electrons. The van der Waals surface area contributed by atoms with Crippen molar-refractivity contribution in [2.75, 3.05) is 0 Å². The highest BCUT2D eigenvalue weighted by molar-refractivity contribution is 5.75. The number of aryl methyl sites for hydroxylation is 1. The summed E-state index contributed by atoms with van der Waals surface area (Å²) in [5, 5.41) is 9.43. The minimum absolute atomic E-state index is 0.368. The Balaban J connectivity index is 2.34. The van der Waals surface area contributed by atoms with Gasteiger partial charge in [-0.2, -0.15) is 0 Å². The molecule has 0 aromatic heterocycles. The molecule has 2 aromatic carbocycles. The van der Waals surface area contributed by atoms with E-state index >= 15 is 0 Å². The smallest absolute Gasteiger partial charge is 0.349 e. The molecule has 0 amide bonds. The molecule has 0 aliphatic heterocycles. The van der Waals surface area contributed by atoms with Crippen LogP contribution in [0.3, 0.4) is 0 Å². The van der Waals surface area contributed by atoms with Gasteiger partial charge in [0.05, 0.1) is 0 Å². The second kappa shape index (κ2) is 6.44. The van der Waals surface area contributed by atoms with Crippen molar-refractivity contribution in [2.45, 2.75) is 32.8 Å². The second-order valence-electron chi connectivity index (χ2n) is 5.43. The summed E-state index contributed by atoms with van der Waals surface area (Å²) in [6.45, 7) is 6.12. The van der Waals surface area contributed by atoms with Crippen molar-refractivity contribution >= 4 is 5.97 Å². The van der Waals surface area contributed by atoms with Crippen molar-refractivity contribution in [3.63, 3.8) is 0 Å². The van der Waals surface area contributed by atoms with Crippen LogP contribution in [-0.2, 0) is 4.79 Å². The number of carboxylic acid groups (broad SMARTS) is 1. The molecule has 21 heavy (non-hydrogen) atoms. The molecule has 0 radical (unpaired) electrons. The molecule has 0 aliphatic carbocycles. The van der Waals surface area contributed by atoms with E-state index in [4.69, 9.17) is 4.74 Å². The molecule has 2 rings (SSSR count). The second-order valence-corrected chi connectivity index (χ2v) is 5.43. The summed E-state index contributed by atoms with van der Waals surface area (Å²) in [5.41, 5.74) is 2.70. The van der Waals surface area contributed by atoms with Crippen LogP contribution in [0.1, 0.15) is 42.6 Å². The highest BCUT2D eigenvalue weighted by Gasteiger charge is 2.22. The first-order chi connectivity index (χ1) is 9.99. The molecule has 0 fully saturated rings. The number of benzene rings is 2. The third-order valence-electron chi connectivity index (χ3n) is 3.45. The fourth-order valence-corrected chi connectivity index (χ4v) is 2.12. The van der Waals surface area contributed by atoms with Crippen molar-refractivity contribution < 1.29 is 14.6 Å². The molecular formula is C18H20O3. The maximum atomic E-state index is 11.5. The SMILES string of the molecule is Cc1ccc(C(C)C)cc1O[C@@H](C(=O)O)c1ccccc1. The van der Waals surface area contributed by atoms with E-state index in [1.807, 2.05) is 43.3 Å². The van der Waals surface area contributed by atoms with Gasteiger partial charge in [-0.3, -0.25) is 0 Å². The zero-order valence-electron chi connectivity index (χ0n) is 12.5. The lowest BCUT2D eigenvalue weighted by atomic mass is 10.0. The van der Waals surface area contributed by atoms with E-state index in [0.717, 1.165) is 11.1 Å². The highest BCUT2D eigenvalue weighted by atomic mass is 16.5. The number of aliphatic carboxylic acids is 1. The van der Waals surface area contributed by atoms with E-state index in [1.165, 1.54) is 0 Å². The quantitative estimate of drug-likeness (QED) is 0.889. The van der Waals surface area contributed by atoms with E-state index in [0.29, 0.717) is 17.2 Å². The lowest BCUT2D eigenvalue weighted by Gasteiger charge is -2.18. The molecule has 3 heteroatoms. The van der Waals surface area contributed by atoms with Gasteiger partial charge in [0.15, 0.2) is 0 Å². The van der Waals surface area contributed by atoms with Crippen molar-refractivity contribution in [3.05, 3.63) is 65.2 Å². The maximum Gasteiger partial charge on any atom is 0.349 e. The summed E-state index contributed by atoms with van der Waals surface area (Å²) in [6, 6.07) is 14.9. The minimum Gasteiger partial charge on any atom is -0.478 e. The minimum atomic E-state index is -0.993. The lowest BCUT2D eigenvalue weighted by molar-refractivity contribution is -0.145. The molecule has 2 aromatic rings. The predicted octanol–water partition coefficient (Wildman–Crippen LogP) is 4.32. The van der Waals surface area contributed by atoms with Gasteiger partial charge in [-0.05, 0) is 30.0 Å². The molecule has 0 bridgehead atoms. The molecule has 0 saturated heterocycles. The Morgan fingerprint density at radius 1 is 1.05 bits per heavy atom. The van der Waals surface area contributed by atoms with Gasteiger partial charge in [-0.1, -0.05) is 56.3 Å². The van der Waals surface area contributed by atoms with Gasteiger partial charge in [0.1, 0.15) is 5.75 Å². The molecule has 3 nitrogen and oxygen atoms in total. The van der Waals surface area contributed by atoms with Crippen molar-refractivity contribution in [1.29, 1.82) is 0 Å². The largest absolute Gasteiger partial charge is 0.478 e. The van der Waals surface area contributed by atoms with Gasteiger partial charge in [-0.25, -0.2) is 4.79 Å². The Morgan fingerprint density at radius 3 is 2.29 bits per heavy atom. The first-order valence-electron chi connectivity index (χ1n) is 7.04. The molecule has 0 saturated carbocycles. The monoisotopic (exact) mass is 284 g/mol. The average molecular weight is 284 g/mol. The molecule has 0 unspecified atom stereocenters.